The van der Waals surface area contributed by atoms with Gasteiger partial charge in [-0.15, -0.1) is 5.10 Å². The van der Waals surface area contributed by atoms with E-state index in [2.05, 4.69) is 22.4 Å². The predicted octanol–water partition coefficient (Wildman–Crippen LogP) is 2.41. The molecule has 1 aromatic rings. The Morgan fingerprint density at radius 3 is 2.89 bits per heavy atom. The first-order valence-electron chi connectivity index (χ1n) is 5.93. The van der Waals surface area contributed by atoms with Crippen molar-refractivity contribution in [3.63, 3.8) is 0 Å². The van der Waals surface area contributed by atoms with E-state index in [1.165, 1.54) is 11.8 Å². The van der Waals surface area contributed by atoms with Crippen molar-refractivity contribution in [2.24, 2.45) is 10.2 Å². The zero-order valence-corrected chi connectivity index (χ0v) is 11.0. The summed E-state index contributed by atoms with van der Waals surface area (Å²) < 4.78 is 0. The topological polar surface area (TPSA) is 53.8 Å². The van der Waals surface area contributed by atoms with Crippen LogP contribution in [0.5, 0.6) is 0 Å². The van der Waals surface area contributed by atoms with Crippen molar-refractivity contribution in [2.45, 2.75) is 25.0 Å². The Morgan fingerprint density at radius 2 is 2.17 bits per heavy atom. The van der Waals surface area contributed by atoms with E-state index in [-0.39, 0.29) is 11.2 Å². The lowest BCUT2D eigenvalue weighted by Crippen LogP contribution is -2.24. The third-order valence-corrected chi connectivity index (χ3v) is 3.62. The Kier molecular flexibility index (Phi) is 4.52. The van der Waals surface area contributed by atoms with Crippen molar-refractivity contribution >= 4 is 29.1 Å². The van der Waals surface area contributed by atoms with Crippen LogP contribution in [0.2, 0.25) is 0 Å². The third-order valence-electron chi connectivity index (χ3n) is 2.48. The van der Waals surface area contributed by atoms with Gasteiger partial charge in [-0.05, 0) is 12.0 Å². The van der Waals surface area contributed by atoms with Gasteiger partial charge in [-0.1, -0.05) is 55.4 Å². The van der Waals surface area contributed by atoms with E-state index in [4.69, 9.17) is 0 Å². The van der Waals surface area contributed by atoms with Gasteiger partial charge in [-0.2, -0.15) is 5.10 Å². The van der Waals surface area contributed by atoms with E-state index in [1.807, 2.05) is 30.3 Å². The van der Waals surface area contributed by atoms with Crippen LogP contribution in [0.3, 0.4) is 0 Å². The lowest BCUT2D eigenvalue weighted by atomic mass is 10.2. The zero-order valence-electron chi connectivity index (χ0n) is 10.2. The largest absolute Gasteiger partial charge is 0.303 e. The molecule has 0 radical (unpaired) electrons. The van der Waals surface area contributed by atoms with Crippen LogP contribution in [0.25, 0.3) is 0 Å². The fourth-order valence-corrected chi connectivity index (χ4v) is 2.63. The first kappa shape index (κ1) is 12.8. The van der Waals surface area contributed by atoms with Crippen LogP contribution in [0, 0.1) is 0 Å². The lowest BCUT2D eigenvalue weighted by molar-refractivity contribution is -0.118. The molecule has 1 aromatic carbocycles. The summed E-state index contributed by atoms with van der Waals surface area (Å²) in [5, 5.41) is 11.3. The van der Waals surface area contributed by atoms with Crippen molar-refractivity contribution in [1.29, 1.82) is 0 Å². The second kappa shape index (κ2) is 6.35. The Balaban J connectivity index is 1.95. The van der Waals surface area contributed by atoms with Crippen molar-refractivity contribution < 1.29 is 4.79 Å². The van der Waals surface area contributed by atoms with Crippen molar-refractivity contribution in [3.8, 4) is 0 Å². The number of carbonyl (C=O) groups is 1. The second-order valence-corrected chi connectivity index (χ2v) is 5.14. The first-order valence-corrected chi connectivity index (χ1v) is 6.81. The molecule has 5 heteroatoms. The molecule has 0 aromatic heterocycles. The molecule has 0 aliphatic carbocycles. The van der Waals surface area contributed by atoms with Gasteiger partial charge in [0, 0.05) is 0 Å². The molecule has 1 saturated heterocycles. The number of hydrogen-bond acceptors (Lipinski definition) is 4. The summed E-state index contributed by atoms with van der Waals surface area (Å²) in [5.74, 6) is 0.0375. The molecule has 2 rings (SSSR count). The number of rotatable bonds is 4. The maximum atomic E-state index is 11.5. The lowest BCUT2D eigenvalue weighted by Gasteiger charge is -1.99. The maximum Gasteiger partial charge on any atom is 0.239 e. The second-order valence-electron chi connectivity index (χ2n) is 3.94. The van der Waals surface area contributed by atoms with Gasteiger partial charge in [0.25, 0.3) is 0 Å². The molecule has 1 amide bonds. The minimum atomic E-state index is -0.0133. The highest BCUT2D eigenvalue weighted by Gasteiger charge is 2.29. The van der Waals surface area contributed by atoms with Gasteiger partial charge < -0.3 is 5.32 Å². The number of amidine groups is 1. The highest BCUT2D eigenvalue weighted by Crippen LogP contribution is 2.23. The van der Waals surface area contributed by atoms with E-state index in [0.29, 0.717) is 5.17 Å². The van der Waals surface area contributed by atoms with Gasteiger partial charge in [-0.3, -0.25) is 4.79 Å². The average molecular weight is 261 g/mol. The molecule has 1 aliphatic heterocycles. The number of benzene rings is 1. The number of carbonyl (C=O) groups excluding carboxylic acids is 1. The molecular weight excluding hydrogens is 246 g/mol. The fourth-order valence-electron chi connectivity index (χ4n) is 1.59. The molecule has 0 saturated carbocycles. The fraction of sp³-hybridized carbons (Fsp3) is 0.308. The summed E-state index contributed by atoms with van der Waals surface area (Å²) in [6.45, 7) is 2.07. The molecule has 1 aliphatic rings. The summed E-state index contributed by atoms with van der Waals surface area (Å²) in [5.41, 5.74) is 0.987. The third kappa shape index (κ3) is 3.43. The number of nitrogens with zero attached hydrogens (tertiary/aromatic N) is 2. The molecule has 0 bridgehead atoms. The Bertz CT molecular complexity index is 470. The van der Waals surface area contributed by atoms with Gasteiger partial charge >= 0.3 is 0 Å². The highest BCUT2D eigenvalue weighted by atomic mass is 32.2. The molecule has 1 fully saturated rings. The molecule has 4 nitrogen and oxygen atoms in total. The van der Waals surface area contributed by atoms with Crippen LogP contribution in [0.15, 0.2) is 40.5 Å². The van der Waals surface area contributed by atoms with Gasteiger partial charge in [0.15, 0.2) is 5.17 Å². The zero-order chi connectivity index (χ0) is 12.8. The molecule has 0 spiro atoms. The minimum Gasteiger partial charge on any atom is -0.303 e. The average Bonchev–Trinajstić information content (AvgIpc) is 2.72. The van der Waals surface area contributed by atoms with Crippen LogP contribution >= 0.6 is 11.8 Å². The molecule has 18 heavy (non-hydrogen) atoms. The summed E-state index contributed by atoms with van der Waals surface area (Å²) in [6, 6.07) is 9.73. The number of hydrogen-bond donors (Lipinski definition) is 1. The van der Waals surface area contributed by atoms with Gasteiger partial charge in [0.2, 0.25) is 5.91 Å². The monoisotopic (exact) mass is 261 g/mol. The number of amides is 1. The quantitative estimate of drug-likeness (QED) is 0.668. The molecule has 1 N–H and O–H groups in total. The molecule has 94 valence electrons. The number of thioether (sulfide) groups is 1. The van der Waals surface area contributed by atoms with Gasteiger partial charge in [0.1, 0.15) is 0 Å². The van der Waals surface area contributed by atoms with Crippen LogP contribution in [-0.2, 0) is 4.79 Å². The number of nitrogens with one attached hydrogen (secondary N) is 1. The summed E-state index contributed by atoms with van der Waals surface area (Å²) >= 11 is 1.45. The van der Waals surface area contributed by atoms with Crippen molar-refractivity contribution in [2.75, 3.05) is 0 Å². The van der Waals surface area contributed by atoms with E-state index < -0.39 is 0 Å². The summed E-state index contributed by atoms with van der Waals surface area (Å²) in [7, 11) is 0. The maximum absolute atomic E-state index is 11.5. The van der Waals surface area contributed by atoms with Crippen LogP contribution < -0.4 is 5.32 Å². The molecule has 1 heterocycles. The summed E-state index contributed by atoms with van der Waals surface area (Å²) in [4.78, 5) is 11.5. The molecular formula is C13H15N3OS. The Labute approximate surface area is 111 Å². The van der Waals surface area contributed by atoms with Gasteiger partial charge in [0.05, 0.1) is 11.5 Å². The highest BCUT2D eigenvalue weighted by molar-refractivity contribution is 8.15. The SMILES string of the molecule is CCC[C@H]1S/C(=N/N=C\c2ccccc2)NC1=O. The van der Waals surface area contributed by atoms with Gasteiger partial charge in [-0.25, -0.2) is 0 Å². The predicted molar refractivity (Wildman–Crippen MR) is 75.9 cm³/mol. The van der Waals surface area contributed by atoms with E-state index in [9.17, 15) is 4.79 Å². The smallest absolute Gasteiger partial charge is 0.239 e. The van der Waals surface area contributed by atoms with Crippen LogP contribution in [0.4, 0.5) is 0 Å². The van der Waals surface area contributed by atoms with Crippen molar-refractivity contribution in [3.05, 3.63) is 35.9 Å². The normalized spacial score (nSPS) is 21.7. The summed E-state index contributed by atoms with van der Waals surface area (Å²) in [6.07, 6.45) is 3.54. The molecule has 0 unspecified atom stereocenters. The Morgan fingerprint density at radius 1 is 1.39 bits per heavy atom. The first-order chi connectivity index (χ1) is 8.79. The molecule has 1 atom stereocenters. The minimum absolute atomic E-state index is 0.0133. The Hall–Kier alpha value is -1.62. The van der Waals surface area contributed by atoms with E-state index in [1.54, 1.807) is 6.21 Å². The standard InChI is InChI=1S/C13H15N3OS/c1-2-6-11-12(17)15-13(18-11)16-14-9-10-7-4-3-5-8-10/h3-5,7-9,11H,2,6H2,1H3,(H,15,16,17)/b14-9-/t11-/m1/s1. The van der Waals surface area contributed by atoms with Crippen LogP contribution in [0.1, 0.15) is 25.3 Å². The van der Waals surface area contributed by atoms with Crippen molar-refractivity contribution in [1.82, 2.24) is 5.32 Å². The van der Waals surface area contributed by atoms with E-state index >= 15 is 0 Å². The van der Waals surface area contributed by atoms with Crippen LogP contribution in [-0.4, -0.2) is 22.5 Å². The van der Waals surface area contributed by atoms with E-state index in [0.717, 1.165) is 18.4 Å².